The number of likely N-dealkylation sites (N-methyl/N-ethyl adjacent to an activating group) is 1. The van der Waals surface area contributed by atoms with Gasteiger partial charge in [-0.05, 0) is 153 Å². The molecule has 6 rings (SSSR count). The zero-order chi connectivity index (χ0) is 35.7. The molecule has 49 heavy (non-hydrogen) atoms. The first-order valence-electron chi connectivity index (χ1n) is 19.2. The van der Waals surface area contributed by atoms with Crippen LogP contribution in [0, 0.1) is 56.7 Å². The Balaban J connectivity index is 1.34. The van der Waals surface area contributed by atoms with Crippen molar-refractivity contribution < 1.29 is 19.8 Å². The smallest absolute Gasteiger partial charge is 0.335 e. The van der Waals surface area contributed by atoms with Crippen LogP contribution in [0.25, 0.3) is 5.57 Å². The zero-order valence-electron chi connectivity index (χ0n) is 31.8. The molecular formula is C43H64N2O4. The Morgan fingerprint density at radius 3 is 2.16 bits per heavy atom. The summed E-state index contributed by atoms with van der Waals surface area (Å²) in [5.74, 6) is 1.72. The Hall–Kier alpha value is -2.44. The summed E-state index contributed by atoms with van der Waals surface area (Å²) in [6, 6.07) is 7.53. The summed E-state index contributed by atoms with van der Waals surface area (Å²) in [5.41, 5.74) is 4.22. The van der Waals surface area contributed by atoms with Crippen LogP contribution < -0.4 is 0 Å². The molecule has 2 N–H and O–H groups in total. The molecule has 0 aliphatic heterocycles. The van der Waals surface area contributed by atoms with Crippen molar-refractivity contribution in [2.24, 2.45) is 56.7 Å². The van der Waals surface area contributed by atoms with E-state index >= 15 is 0 Å². The fourth-order valence-electron chi connectivity index (χ4n) is 13.5. The normalized spacial score (nSPS) is 39.2. The maximum absolute atomic E-state index is 14.9. The van der Waals surface area contributed by atoms with Gasteiger partial charge in [0.2, 0.25) is 5.91 Å². The van der Waals surface area contributed by atoms with Gasteiger partial charge >= 0.3 is 5.97 Å². The first kappa shape index (κ1) is 36.4. The van der Waals surface area contributed by atoms with Crippen molar-refractivity contribution >= 4 is 17.4 Å². The maximum atomic E-state index is 14.9. The van der Waals surface area contributed by atoms with Crippen LogP contribution in [0.4, 0.5) is 0 Å². The van der Waals surface area contributed by atoms with Gasteiger partial charge in [-0.3, -0.25) is 4.79 Å². The molecule has 0 bridgehead atoms. The molecule has 5 aliphatic rings. The minimum absolute atomic E-state index is 0.00459. The van der Waals surface area contributed by atoms with Crippen molar-refractivity contribution in [2.75, 3.05) is 40.3 Å². The number of hydrogen-bond donors (Lipinski definition) is 2. The van der Waals surface area contributed by atoms with E-state index in [1.54, 1.807) is 12.1 Å². The van der Waals surface area contributed by atoms with Crippen LogP contribution >= 0.6 is 0 Å². The van der Waals surface area contributed by atoms with Gasteiger partial charge in [0, 0.05) is 19.6 Å². The number of nitrogens with zero attached hydrogens (tertiary/aromatic N) is 2. The molecule has 0 radical (unpaired) electrons. The number of carbonyl (C=O) groups excluding carboxylic acids is 1. The van der Waals surface area contributed by atoms with Crippen LogP contribution in [0.3, 0.4) is 0 Å². The lowest BCUT2D eigenvalue weighted by atomic mass is 9.32. The van der Waals surface area contributed by atoms with Gasteiger partial charge in [0.15, 0.2) is 0 Å². The second kappa shape index (κ2) is 12.7. The zero-order valence-corrected chi connectivity index (χ0v) is 31.8. The molecule has 0 aromatic heterocycles. The lowest BCUT2D eigenvalue weighted by molar-refractivity contribution is -0.226. The summed E-state index contributed by atoms with van der Waals surface area (Å²) in [7, 11) is 4.11. The van der Waals surface area contributed by atoms with Gasteiger partial charge in [-0.25, -0.2) is 4.79 Å². The van der Waals surface area contributed by atoms with Crippen LogP contribution in [-0.2, 0) is 4.79 Å². The third-order valence-electron chi connectivity index (χ3n) is 16.0. The van der Waals surface area contributed by atoms with Crippen LogP contribution in [-0.4, -0.2) is 72.2 Å². The van der Waals surface area contributed by atoms with Crippen LogP contribution in [0.5, 0.6) is 0 Å². The number of aliphatic hydroxyl groups excluding tert-OH is 1. The van der Waals surface area contributed by atoms with E-state index in [2.05, 4.69) is 73.2 Å². The number of rotatable bonds is 9. The fourth-order valence-corrected chi connectivity index (χ4v) is 13.5. The predicted octanol–water partition coefficient (Wildman–Crippen LogP) is 8.42. The highest BCUT2D eigenvalue weighted by molar-refractivity contribution is 5.88. The summed E-state index contributed by atoms with van der Waals surface area (Å²) < 4.78 is 0. The molecule has 9 atom stereocenters. The van der Waals surface area contributed by atoms with E-state index in [9.17, 15) is 19.8 Å². The molecule has 5 aliphatic carbocycles. The highest BCUT2D eigenvalue weighted by Crippen LogP contribution is 2.78. The standard InChI is InChI=1S/C43H64N2O4/c1-28(2)31-16-21-43(38(49)45(26-27-46)25-24-44(8)9)23-22-41(6)33(36(31)43)14-15-35-40(5)19-17-32(29-10-12-30(13-11-29)37(47)48)39(3,4)34(40)18-20-42(35,41)7/h10-13,17,31,33-36,46H,1,14-16,18-27H2,2-9H3,(H,47,48)/t31-,33+,34-,35+,36+,40-,41+,42+,43-/m0/s1. The molecule has 0 saturated heterocycles. The number of amides is 1. The van der Waals surface area contributed by atoms with Crippen molar-refractivity contribution in [3.05, 3.63) is 53.6 Å². The van der Waals surface area contributed by atoms with Crippen molar-refractivity contribution in [3.63, 3.8) is 0 Å². The molecular weight excluding hydrogens is 608 g/mol. The van der Waals surface area contributed by atoms with Crippen molar-refractivity contribution in [1.82, 2.24) is 9.80 Å². The van der Waals surface area contributed by atoms with Gasteiger partial charge in [0.1, 0.15) is 0 Å². The minimum Gasteiger partial charge on any atom is -0.478 e. The number of benzene rings is 1. The first-order valence-corrected chi connectivity index (χ1v) is 19.2. The topological polar surface area (TPSA) is 81.1 Å². The van der Waals surface area contributed by atoms with E-state index in [1.165, 1.54) is 36.8 Å². The van der Waals surface area contributed by atoms with Crippen LogP contribution in [0.2, 0.25) is 0 Å². The lowest BCUT2D eigenvalue weighted by Gasteiger charge is -2.72. The number of fused-ring (bicyclic) bond motifs is 7. The van der Waals surface area contributed by atoms with E-state index < -0.39 is 5.97 Å². The van der Waals surface area contributed by atoms with Gasteiger partial charge in [-0.15, -0.1) is 0 Å². The van der Waals surface area contributed by atoms with Crippen molar-refractivity contribution in [1.29, 1.82) is 0 Å². The Morgan fingerprint density at radius 1 is 0.857 bits per heavy atom. The Labute approximate surface area is 296 Å². The lowest BCUT2D eigenvalue weighted by Crippen LogP contribution is -2.66. The van der Waals surface area contributed by atoms with Crippen molar-refractivity contribution in [2.45, 2.75) is 99.3 Å². The highest BCUT2D eigenvalue weighted by Gasteiger charge is 2.71. The summed E-state index contributed by atoms with van der Waals surface area (Å²) in [6.07, 6.45) is 12.4. The second-order valence-electron chi connectivity index (χ2n) is 18.6. The average molecular weight is 673 g/mol. The average Bonchev–Trinajstić information content (AvgIpc) is 3.44. The second-order valence-corrected chi connectivity index (χ2v) is 18.6. The fraction of sp³-hybridized carbons (Fsp3) is 0.721. The van der Waals surface area contributed by atoms with Crippen LogP contribution in [0.15, 0.2) is 42.5 Å². The molecule has 1 amide bonds. The monoisotopic (exact) mass is 672 g/mol. The number of aromatic carboxylic acids is 1. The Morgan fingerprint density at radius 2 is 1.55 bits per heavy atom. The molecule has 6 heteroatoms. The third kappa shape index (κ3) is 5.40. The summed E-state index contributed by atoms with van der Waals surface area (Å²) >= 11 is 0. The molecule has 1 aromatic carbocycles. The first-order chi connectivity index (χ1) is 23.0. The SMILES string of the molecule is C=C(C)[C@@H]1CC[C@]2(C(=O)N(CCO)CCN(C)C)CC[C@]3(C)[C@H](CC[C@@H]4[C@@]5(C)CC=C(c6ccc(C(=O)O)cc6)C(C)(C)[C@@H]5CC[C@]43C)[C@@H]12. The molecule has 4 saturated carbocycles. The summed E-state index contributed by atoms with van der Waals surface area (Å²) in [4.78, 5) is 30.5. The molecule has 270 valence electrons. The number of allylic oxidation sites excluding steroid dienone is 3. The van der Waals surface area contributed by atoms with Crippen molar-refractivity contribution in [3.8, 4) is 0 Å². The summed E-state index contributed by atoms with van der Waals surface area (Å²) in [5, 5.41) is 19.5. The predicted molar refractivity (Wildman–Crippen MR) is 198 cm³/mol. The van der Waals surface area contributed by atoms with E-state index in [1.807, 2.05) is 17.0 Å². The van der Waals surface area contributed by atoms with Gasteiger partial charge in [-0.2, -0.15) is 0 Å². The Kier molecular flexibility index (Phi) is 9.39. The minimum atomic E-state index is -0.880. The van der Waals surface area contributed by atoms with E-state index in [0.717, 1.165) is 44.2 Å². The molecule has 4 fully saturated rings. The maximum Gasteiger partial charge on any atom is 0.335 e. The van der Waals surface area contributed by atoms with Gasteiger partial charge < -0.3 is 20.0 Å². The van der Waals surface area contributed by atoms with Gasteiger partial charge in [0.25, 0.3) is 0 Å². The molecule has 0 unspecified atom stereocenters. The van der Waals surface area contributed by atoms with E-state index in [-0.39, 0.29) is 33.7 Å². The molecule has 1 aromatic rings. The van der Waals surface area contributed by atoms with E-state index in [4.69, 9.17) is 0 Å². The third-order valence-corrected chi connectivity index (χ3v) is 16.0. The molecule has 0 heterocycles. The number of carboxylic acids is 1. The quantitative estimate of drug-likeness (QED) is 0.258. The number of carboxylic acid groups (broad SMARTS) is 1. The number of aliphatic hydroxyl groups is 1. The van der Waals surface area contributed by atoms with Gasteiger partial charge in [0.05, 0.1) is 17.6 Å². The molecule has 0 spiro atoms. The largest absolute Gasteiger partial charge is 0.478 e. The van der Waals surface area contributed by atoms with Gasteiger partial charge in [-0.1, -0.05) is 65.0 Å². The number of hydrogen-bond acceptors (Lipinski definition) is 4. The highest BCUT2D eigenvalue weighted by atomic mass is 16.4. The number of carbonyl (C=O) groups is 2. The summed E-state index contributed by atoms with van der Waals surface area (Å²) in [6.45, 7) is 21.4. The Bertz CT molecular complexity index is 1500. The molecule has 6 nitrogen and oxygen atoms in total. The van der Waals surface area contributed by atoms with Crippen LogP contribution in [0.1, 0.15) is 115 Å². The van der Waals surface area contributed by atoms with E-state index in [0.29, 0.717) is 54.1 Å².